The van der Waals surface area contributed by atoms with Gasteiger partial charge in [-0.15, -0.1) is 0 Å². The van der Waals surface area contributed by atoms with Crippen molar-refractivity contribution in [3.05, 3.63) is 59.9 Å². The lowest BCUT2D eigenvalue weighted by molar-refractivity contribution is -0.130. The van der Waals surface area contributed by atoms with Gasteiger partial charge in [-0.1, -0.05) is 12.1 Å². The molecule has 1 saturated heterocycles. The van der Waals surface area contributed by atoms with Gasteiger partial charge in [-0.25, -0.2) is 4.39 Å². The minimum Gasteiger partial charge on any atom is -0.496 e. The first kappa shape index (κ1) is 18.7. The molecule has 0 atom stereocenters. The minimum atomic E-state index is -0.342. The zero-order chi connectivity index (χ0) is 19.2. The molecule has 6 nitrogen and oxygen atoms in total. The maximum absolute atomic E-state index is 13.0. The molecule has 142 valence electrons. The molecule has 2 aromatic carbocycles. The largest absolute Gasteiger partial charge is 0.496 e. The van der Waals surface area contributed by atoms with Crippen LogP contribution in [0.25, 0.3) is 0 Å². The van der Waals surface area contributed by atoms with E-state index in [0.717, 1.165) is 5.69 Å². The molecule has 1 heterocycles. The van der Waals surface area contributed by atoms with Crippen LogP contribution in [-0.2, 0) is 4.79 Å². The van der Waals surface area contributed by atoms with E-state index in [9.17, 15) is 14.0 Å². The first-order valence-electron chi connectivity index (χ1n) is 8.78. The number of amides is 2. The van der Waals surface area contributed by atoms with Crippen LogP contribution >= 0.6 is 0 Å². The molecule has 0 aliphatic carbocycles. The monoisotopic (exact) mass is 371 g/mol. The molecule has 3 rings (SSSR count). The van der Waals surface area contributed by atoms with Crippen molar-refractivity contribution < 1.29 is 18.7 Å². The summed E-state index contributed by atoms with van der Waals surface area (Å²) in [5, 5.41) is 2.65. The molecular weight excluding hydrogens is 349 g/mol. The van der Waals surface area contributed by atoms with E-state index < -0.39 is 0 Å². The van der Waals surface area contributed by atoms with Crippen LogP contribution in [0, 0.1) is 5.82 Å². The fraction of sp³-hybridized carbons (Fsp3) is 0.300. The Labute approximate surface area is 157 Å². The van der Waals surface area contributed by atoms with E-state index in [1.165, 1.54) is 19.2 Å². The third kappa shape index (κ3) is 4.55. The number of benzene rings is 2. The predicted octanol–water partition coefficient (Wildman–Crippen LogP) is 1.91. The number of rotatable bonds is 5. The predicted molar refractivity (Wildman–Crippen MR) is 101 cm³/mol. The zero-order valence-corrected chi connectivity index (χ0v) is 15.2. The molecule has 0 unspecified atom stereocenters. The fourth-order valence-electron chi connectivity index (χ4n) is 3.06. The molecule has 0 saturated carbocycles. The summed E-state index contributed by atoms with van der Waals surface area (Å²) >= 11 is 0. The zero-order valence-electron chi connectivity index (χ0n) is 15.2. The molecular formula is C20H22FN3O3. The lowest BCUT2D eigenvalue weighted by atomic mass is 10.2. The number of hydrogen-bond donors (Lipinski definition) is 1. The number of carbonyl (C=O) groups excluding carboxylic acids is 2. The second-order valence-corrected chi connectivity index (χ2v) is 6.23. The SMILES string of the molecule is COc1ccccc1C(=O)NCC(=O)N1CCN(c2ccc(F)cc2)CC1. The minimum absolute atomic E-state index is 0.0621. The highest BCUT2D eigenvalue weighted by molar-refractivity contribution is 5.98. The molecule has 2 amide bonds. The normalized spacial score (nSPS) is 14.0. The van der Waals surface area contributed by atoms with Crippen LogP contribution in [0.1, 0.15) is 10.4 Å². The van der Waals surface area contributed by atoms with Gasteiger partial charge in [0.05, 0.1) is 19.2 Å². The van der Waals surface area contributed by atoms with Crippen molar-refractivity contribution in [3.63, 3.8) is 0 Å². The first-order chi connectivity index (χ1) is 13.1. The summed E-state index contributed by atoms with van der Waals surface area (Å²) in [7, 11) is 1.50. The maximum atomic E-state index is 13.0. The molecule has 1 aliphatic rings. The van der Waals surface area contributed by atoms with Crippen LogP contribution in [-0.4, -0.2) is 56.5 Å². The third-order valence-electron chi connectivity index (χ3n) is 4.58. The highest BCUT2D eigenvalue weighted by Crippen LogP contribution is 2.18. The van der Waals surface area contributed by atoms with Crippen LogP contribution in [0.4, 0.5) is 10.1 Å². The van der Waals surface area contributed by atoms with E-state index in [0.29, 0.717) is 37.5 Å². The summed E-state index contributed by atoms with van der Waals surface area (Å²) in [6, 6.07) is 13.2. The van der Waals surface area contributed by atoms with Gasteiger partial charge in [0.15, 0.2) is 0 Å². The number of carbonyl (C=O) groups is 2. The Balaban J connectivity index is 1.49. The molecule has 0 radical (unpaired) electrons. The van der Waals surface area contributed by atoms with Crippen LogP contribution < -0.4 is 15.0 Å². The van der Waals surface area contributed by atoms with Gasteiger partial charge in [0.2, 0.25) is 5.91 Å². The van der Waals surface area contributed by atoms with E-state index >= 15 is 0 Å². The van der Waals surface area contributed by atoms with Gasteiger partial charge in [-0.05, 0) is 36.4 Å². The Morgan fingerprint density at radius 1 is 1.04 bits per heavy atom. The quantitative estimate of drug-likeness (QED) is 0.872. The first-order valence-corrected chi connectivity index (χ1v) is 8.78. The topological polar surface area (TPSA) is 61.9 Å². The number of piperazine rings is 1. The number of hydrogen-bond acceptors (Lipinski definition) is 4. The Hall–Kier alpha value is -3.09. The summed E-state index contributed by atoms with van der Waals surface area (Å²) < 4.78 is 18.2. The summed E-state index contributed by atoms with van der Waals surface area (Å²) in [5.74, 6) is -0.267. The molecule has 0 aromatic heterocycles. The summed E-state index contributed by atoms with van der Waals surface area (Å²) in [6.07, 6.45) is 0. The molecule has 2 aromatic rings. The average molecular weight is 371 g/mol. The van der Waals surface area contributed by atoms with Crippen molar-refractivity contribution >= 4 is 17.5 Å². The van der Waals surface area contributed by atoms with Gasteiger partial charge in [-0.2, -0.15) is 0 Å². The smallest absolute Gasteiger partial charge is 0.255 e. The molecule has 1 N–H and O–H groups in total. The second kappa shape index (κ2) is 8.53. The second-order valence-electron chi connectivity index (χ2n) is 6.23. The Morgan fingerprint density at radius 2 is 1.70 bits per heavy atom. The van der Waals surface area contributed by atoms with Gasteiger partial charge in [0.25, 0.3) is 5.91 Å². The van der Waals surface area contributed by atoms with E-state index in [1.807, 2.05) is 0 Å². The van der Waals surface area contributed by atoms with Crippen molar-refractivity contribution in [2.45, 2.75) is 0 Å². The van der Waals surface area contributed by atoms with Gasteiger partial charge >= 0.3 is 0 Å². The molecule has 0 spiro atoms. The standard InChI is InChI=1S/C20H22FN3O3/c1-27-18-5-3-2-4-17(18)20(26)22-14-19(25)24-12-10-23(11-13-24)16-8-6-15(21)7-9-16/h2-9H,10-14H2,1H3,(H,22,26). The summed E-state index contributed by atoms with van der Waals surface area (Å²) in [6.45, 7) is 2.38. The maximum Gasteiger partial charge on any atom is 0.255 e. The Kier molecular flexibility index (Phi) is 5.90. The molecule has 27 heavy (non-hydrogen) atoms. The van der Waals surface area contributed by atoms with Crippen molar-refractivity contribution in [1.29, 1.82) is 0 Å². The van der Waals surface area contributed by atoms with Gasteiger partial charge in [0.1, 0.15) is 11.6 Å². The van der Waals surface area contributed by atoms with E-state index in [1.54, 1.807) is 41.3 Å². The van der Waals surface area contributed by atoms with E-state index in [2.05, 4.69) is 10.2 Å². The lowest BCUT2D eigenvalue weighted by Crippen LogP contribution is -2.51. The van der Waals surface area contributed by atoms with Crippen LogP contribution in [0.3, 0.4) is 0 Å². The van der Waals surface area contributed by atoms with Crippen molar-refractivity contribution in [3.8, 4) is 5.75 Å². The number of nitrogens with one attached hydrogen (secondary N) is 1. The number of methoxy groups -OCH3 is 1. The molecule has 7 heteroatoms. The van der Waals surface area contributed by atoms with Crippen LogP contribution in [0.15, 0.2) is 48.5 Å². The van der Waals surface area contributed by atoms with Gasteiger partial charge in [-0.3, -0.25) is 9.59 Å². The Morgan fingerprint density at radius 3 is 2.37 bits per heavy atom. The van der Waals surface area contributed by atoms with Crippen molar-refractivity contribution in [2.75, 3.05) is 44.7 Å². The van der Waals surface area contributed by atoms with Gasteiger partial charge < -0.3 is 19.9 Å². The number of nitrogens with zero attached hydrogens (tertiary/aromatic N) is 2. The van der Waals surface area contributed by atoms with E-state index in [4.69, 9.17) is 4.74 Å². The van der Waals surface area contributed by atoms with E-state index in [-0.39, 0.29) is 24.2 Å². The number of anilines is 1. The number of para-hydroxylation sites is 1. The van der Waals surface area contributed by atoms with Crippen LogP contribution in [0.5, 0.6) is 5.75 Å². The van der Waals surface area contributed by atoms with Crippen LogP contribution in [0.2, 0.25) is 0 Å². The fourth-order valence-corrected chi connectivity index (χ4v) is 3.06. The number of halogens is 1. The summed E-state index contributed by atoms with van der Waals surface area (Å²) in [5.41, 5.74) is 1.34. The molecule has 0 bridgehead atoms. The van der Waals surface area contributed by atoms with Crippen molar-refractivity contribution in [2.24, 2.45) is 0 Å². The Bertz CT molecular complexity index is 802. The lowest BCUT2D eigenvalue weighted by Gasteiger charge is -2.36. The number of ether oxygens (including phenoxy) is 1. The highest BCUT2D eigenvalue weighted by atomic mass is 19.1. The molecule has 1 aliphatic heterocycles. The van der Waals surface area contributed by atoms with Gasteiger partial charge in [0, 0.05) is 31.9 Å². The highest BCUT2D eigenvalue weighted by Gasteiger charge is 2.22. The third-order valence-corrected chi connectivity index (χ3v) is 4.58. The summed E-state index contributed by atoms with van der Waals surface area (Å²) in [4.78, 5) is 28.5. The molecule has 1 fully saturated rings. The van der Waals surface area contributed by atoms with Crippen molar-refractivity contribution in [1.82, 2.24) is 10.2 Å². The average Bonchev–Trinajstić information content (AvgIpc) is 2.72.